The van der Waals surface area contributed by atoms with Crippen LogP contribution in [0.2, 0.25) is 0 Å². The van der Waals surface area contributed by atoms with Crippen molar-refractivity contribution >= 4 is 22.6 Å². The van der Waals surface area contributed by atoms with Gasteiger partial charge in [0.15, 0.2) is 6.61 Å². The van der Waals surface area contributed by atoms with Crippen LogP contribution in [0.1, 0.15) is 86.7 Å². The minimum Gasteiger partial charge on any atom is -0.506 e. The molecule has 3 aromatic carbocycles. The molecule has 0 atom stereocenters. The molecule has 0 saturated heterocycles. The maximum absolute atomic E-state index is 13.1. The summed E-state index contributed by atoms with van der Waals surface area (Å²) in [4.78, 5) is 25.2. The highest BCUT2D eigenvalue weighted by Crippen LogP contribution is 2.36. The minimum absolute atomic E-state index is 0.102. The number of phenolic OH excluding ortho intramolecular Hbond substituents is 1. The first kappa shape index (κ1) is 34.7. The molecular formula is C36H50N2O6. The molecule has 3 rings (SSSR count). The number of aryl methyl sites for hydroxylation is 2. The van der Waals surface area contributed by atoms with Crippen LogP contribution in [0.25, 0.3) is 10.8 Å². The van der Waals surface area contributed by atoms with Gasteiger partial charge in [-0.3, -0.25) is 9.59 Å². The molecule has 8 heteroatoms. The summed E-state index contributed by atoms with van der Waals surface area (Å²) < 4.78 is 16.9. The number of methoxy groups -OCH3 is 1. The fraction of sp³-hybridized carbons (Fsp3) is 0.500. The number of amides is 2. The molecule has 44 heavy (non-hydrogen) atoms. The van der Waals surface area contributed by atoms with E-state index in [9.17, 15) is 14.7 Å². The Bertz CT molecular complexity index is 1330. The van der Waals surface area contributed by atoms with Crippen molar-refractivity contribution in [2.45, 2.75) is 78.1 Å². The lowest BCUT2D eigenvalue weighted by Crippen LogP contribution is -2.31. The van der Waals surface area contributed by atoms with E-state index in [1.54, 1.807) is 25.3 Å². The van der Waals surface area contributed by atoms with Crippen molar-refractivity contribution in [3.63, 3.8) is 0 Å². The second-order valence-corrected chi connectivity index (χ2v) is 11.1. The van der Waals surface area contributed by atoms with Crippen LogP contribution in [0.4, 0.5) is 0 Å². The van der Waals surface area contributed by atoms with Crippen LogP contribution in [0.3, 0.4) is 0 Å². The number of carbonyl (C=O) groups excluding carboxylic acids is 2. The van der Waals surface area contributed by atoms with Gasteiger partial charge in [0.25, 0.3) is 11.8 Å². The van der Waals surface area contributed by atoms with Crippen LogP contribution in [0.5, 0.6) is 17.2 Å². The molecule has 2 amide bonds. The highest BCUT2D eigenvalue weighted by atomic mass is 16.5. The normalized spacial score (nSPS) is 11.0. The van der Waals surface area contributed by atoms with E-state index in [1.165, 1.54) is 49.3 Å². The second-order valence-electron chi connectivity index (χ2n) is 11.1. The highest BCUT2D eigenvalue weighted by molar-refractivity contribution is 6.05. The summed E-state index contributed by atoms with van der Waals surface area (Å²) in [6.07, 6.45) is 10.9. The first-order valence-corrected chi connectivity index (χ1v) is 16.1. The van der Waals surface area contributed by atoms with E-state index in [2.05, 4.69) is 42.7 Å². The molecule has 0 unspecified atom stereocenters. The van der Waals surface area contributed by atoms with Crippen LogP contribution in [-0.4, -0.2) is 56.9 Å². The summed E-state index contributed by atoms with van der Waals surface area (Å²) in [6.45, 7) is 6.01. The number of hydrogen-bond donors (Lipinski definition) is 3. The Kier molecular flexibility index (Phi) is 15.4. The standard InChI is InChI=1S/C36H50N2O6/c1-4-6-8-14-27-18-19-32(28(24-27)15-9-7-5-2)43-22-13-12-20-38-36(41)31-25-33(44-26-34(39)37-21-23-42-3)29-16-10-11-17-30(29)35(31)40/h10-11,16-19,24-25,40H,4-9,12-15,20-23,26H2,1-3H3,(H,37,39)(H,38,41). The minimum atomic E-state index is -0.402. The van der Waals surface area contributed by atoms with E-state index in [0.717, 1.165) is 37.9 Å². The van der Waals surface area contributed by atoms with Crippen molar-refractivity contribution in [1.82, 2.24) is 10.6 Å². The van der Waals surface area contributed by atoms with Gasteiger partial charge in [-0.15, -0.1) is 0 Å². The average Bonchev–Trinajstić information content (AvgIpc) is 3.03. The smallest absolute Gasteiger partial charge is 0.258 e. The number of aromatic hydroxyl groups is 1. The number of fused-ring (bicyclic) bond motifs is 1. The fourth-order valence-electron chi connectivity index (χ4n) is 5.08. The van der Waals surface area contributed by atoms with E-state index in [1.807, 2.05) is 6.07 Å². The summed E-state index contributed by atoms with van der Waals surface area (Å²) in [5, 5.41) is 17.6. The predicted octanol–water partition coefficient (Wildman–Crippen LogP) is 6.74. The lowest BCUT2D eigenvalue weighted by molar-refractivity contribution is -0.123. The van der Waals surface area contributed by atoms with Gasteiger partial charge < -0.3 is 30.0 Å². The zero-order valence-electron chi connectivity index (χ0n) is 26.7. The monoisotopic (exact) mass is 606 g/mol. The first-order chi connectivity index (χ1) is 21.5. The molecule has 0 radical (unpaired) electrons. The quantitative estimate of drug-likeness (QED) is 0.116. The Morgan fingerprint density at radius 1 is 0.750 bits per heavy atom. The summed E-state index contributed by atoms with van der Waals surface area (Å²) in [5.74, 6) is 0.492. The van der Waals surface area contributed by atoms with Crippen molar-refractivity contribution in [3.8, 4) is 17.2 Å². The van der Waals surface area contributed by atoms with E-state index >= 15 is 0 Å². The summed E-state index contributed by atoms with van der Waals surface area (Å²) >= 11 is 0. The lowest BCUT2D eigenvalue weighted by atomic mass is 10.00. The van der Waals surface area contributed by atoms with Gasteiger partial charge in [-0.1, -0.05) is 75.9 Å². The van der Waals surface area contributed by atoms with Gasteiger partial charge in [0.2, 0.25) is 0 Å². The SMILES string of the molecule is CCCCCc1ccc(OCCCCNC(=O)c2cc(OCC(=O)NCCOC)c3ccccc3c2O)c(CCCCC)c1. The number of benzene rings is 3. The van der Waals surface area contributed by atoms with Crippen LogP contribution in [0, 0.1) is 0 Å². The van der Waals surface area contributed by atoms with Crippen LogP contribution >= 0.6 is 0 Å². The Morgan fingerprint density at radius 3 is 2.25 bits per heavy atom. The molecule has 0 aliphatic carbocycles. The van der Waals surface area contributed by atoms with Gasteiger partial charge in [0.05, 0.1) is 18.8 Å². The molecule has 0 fully saturated rings. The number of carbonyl (C=O) groups is 2. The number of hydrogen-bond acceptors (Lipinski definition) is 6. The van der Waals surface area contributed by atoms with Crippen molar-refractivity contribution in [2.75, 3.05) is 40.0 Å². The molecule has 240 valence electrons. The maximum atomic E-state index is 13.1. The van der Waals surface area contributed by atoms with Crippen molar-refractivity contribution in [1.29, 1.82) is 0 Å². The maximum Gasteiger partial charge on any atom is 0.258 e. The summed E-state index contributed by atoms with van der Waals surface area (Å²) in [7, 11) is 1.56. The second kappa shape index (κ2) is 19.5. The van der Waals surface area contributed by atoms with Crippen molar-refractivity contribution < 1.29 is 28.9 Å². The Balaban J connectivity index is 1.53. The number of ether oxygens (including phenoxy) is 3. The van der Waals surface area contributed by atoms with Crippen LogP contribution < -0.4 is 20.1 Å². The summed E-state index contributed by atoms with van der Waals surface area (Å²) in [5.41, 5.74) is 2.78. The van der Waals surface area contributed by atoms with Gasteiger partial charge in [-0.25, -0.2) is 0 Å². The molecule has 0 bridgehead atoms. The van der Waals surface area contributed by atoms with Gasteiger partial charge >= 0.3 is 0 Å². The molecule has 0 aromatic heterocycles. The van der Waals surface area contributed by atoms with Gasteiger partial charge in [0, 0.05) is 31.0 Å². The zero-order valence-corrected chi connectivity index (χ0v) is 26.7. The van der Waals surface area contributed by atoms with E-state index < -0.39 is 5.91 Å². The largest absolute Gasteiger partial charge is 0.506 e. The van der Waals surface area contributed by atoms with Gasteiger partial charge in [-0.05, 0) is 61.8 Å². The number of rotatable bonds is 21. The summed E-state index contributed by atoms with van der Waals surface area (Å²) in [6, 6.07) is 15.2. The Labute approximate surface area is 262 Å². The van der Waals surface area contributed by atoms with Crippen molar-refractivity contribution in [3.05, 3.63) is 65.2 Å². The molecule has 0 aliphatic rings. The topological polar surface area (TPSA) is 106 Å². The Morgan fingerprint density at radius 2 is 1.50 bits per heavy atom. The molecule has 0 saturated carbocycles. The van der Waals surface area contributed by atoms with Crippen LogP contribution in [0.15, 0.2) is 48.5 Å². The Hall–Kier alpha value is -3.78. The zero-order chi connectivity index (χ0) is 31.6. The highest BCUT2D eigenvalue weighted by Gasteiger charge is 2.18. The number of nitrogens with one attached hydrogen (secondary N) is 2. The molecule has 0 heterocycles. The van der Waals surface area contributed by atoms with E-state index in [4.69, 9.17) is 14.2 Å². The molecule has 0 spiro atoms. The molecule has 3 N–H and O–H groups in total. The third kappa shape index (κ3) is 11.1. The first-order valence-electron chi connectivity index (χ1n) is 16.1. The van der Waals surface area contributed by atoms with E-state index in [0.29, 0.717) is 42.8 Å². The van der Waals surface area contributed by atoms with Gasteiger partial charge in [0.1, 0.15) is 17.2 Å². The third-order valence-electron chi connectivity index (χ3n) is 7.57. The molecule has 8 nitrogen and oxygen atoms in total. The number of unbranched alkanes of at least 4 members (excludes halogenated alkanes) is 5. The predicted molar refractivity (Wildman–Crippen MR) is 176 cm³/mol. The molecule has 3 aromatic rings. The van der Waals surface area contributed by atoms with E-state index in [-0.39, 0.29) is 23.8 Å². The third-order valence-corrected chi connectivity index (χ3v) is 7.57. The van der Waals surface area contributed by atoms with Crippen LogP contribution in [-0.2, 0) is 22.4 Å². The average molecular weight is 607 g/mol. The molecule has 0 aliphatic heterocycles. The lowest BCUT2D eigenvalue weighted by Gasteiger charge is -2.15. The fourth-order valence-corrected chi connectivity index (χ4v) is 5.08. The van der Waals surface area contributed by atoms with Crippen molar-refractivity contribution in [2.24, 2.45) is 0 Å². The van der Waals surface area contributed by atoms with Gasteiger partial charge in [-0.2, -0.15) is 0 Å². The molecular weight excluding hydrogens is 556 g/mol. The number of phenols is 1.